The number of benzene rings is 2. The molecule has 0 aliphatic heterocycles. The molecule has 0 aliphatic rings. The van der Waals surface area contributed by atoms with Crippen LogP contribution in [-0.4, -0.2) is 49.8 Å². The molecule has 1 N–H and O–H groups in total. The molecule has 0 bridgehead atoms. The minimum absolute atomic E-state index is 0.170. The van der Waals surface area contributed by atoms with Crippen molar-refractivity contribution in [1.29, 1.82) is 0 Å². The zero-order valence-electron chi connectivity index (χ0n) is 16.9. The van der Waals surface area contributed by atoms with Crippen molar-refractivity contribution in [3.05, 3.63) is 64.2 Å². The van der Waals surface area contributed by atoms with Gasteiger partial charge in [0.1, 0.15) is 0 Å². The predicted octanol–water partition coefficient (Wildman–Crippen LogP) is 2.36. The standard InChI is InChI=1S/C20H25N3O6S/c1-3-22(4-2)30(27,28)17-10-11-19(18(14-17)23(25)26)29-15-20(24)21-13-12-16-8-6-5-7-9-16/h5-11,14H,3-4,12-13,15H2,1-2H3,(H,21,24). The van der Waals surface area contributed by atoms with Crippen LogP contribution in [0.15, 0.2) is 53.4 Å². The second-order valence-corrected chi connectivity index (χ2v) is 8.29. The van der Waals surface area contributed by atoms with Crippen molar-refractivity contribution >= 4 is 21.6 Å². The molecular weight excluding hydrogens is 410 g/mol. The van der Waals surface area contributed by atoms with E-state index in [2.05, 4.69) is 5.32 Å². The van der Waals surface area contributed by atoms with Crippen molar-refractivity contribution in [2.45, 2.75) is 25.2 Å². The maximum Gasteiger partial charge on any atom is 0.312 e. The summed E-state index contributed by atoms with van der Waals surface area (Å²) in [4.78, 5) is 22.4. The molecule has 2 aromatic rings. The molecule has 0 spiro atoms. The Morgan fingerprint density at radius 2 is 1.80 bits per heavy atom. The lowest BCUT2D eigenvalue weighted by Gasteiger charge is -2.18. The minimum Gasteiger partial charge on any atom is -0.477 e. The smallest absolute Gasteiger partial charge is 0.312 e. The third-order valence-electron chi connectivity index (χ3n) is 4.41. The summed E-state index contributed by atoms with van der Waals surface area (Å²) >= 11 is 0. The number of hydrogen-bond donors (Lipinski definition) is 1. The number of rotatable bonds is 11. The van der Waals surface area contributed by atoms with Gasteiger partial charge in [-0.3, -0.25) is 14.9 Å². The van der Waals surface area contributed by atoms with E-state index in [0.29, 0.717) is 13.0 Å². The lowest BCUT2D eigenvalue weighted by molar-refractivity contribution is -0.386. The van der Waals surface area contributed by atoms with Gasteiger partial charge in [0.25, 0.3) is 5.91 Å². The Morgan fingerprint density at radius 1 is 1.13 bits per heavy atom. The van der Waals surface area contributed by atoms with Crippen LogP contribution in [0.1, 0.15) is 19.4 Å². The van der Waals surface area contributed by atoms with E-state index in [-0.39, 0.29) is 23.7 Å². The number of nitro groups is 1. The first-order chi connectivity index (χ1) is 14.3. The topological polar surface area (TPSA) is 119 Å². The van der Waals surface area contributed by atoms with Crippen molar-refractivity contribution in [2.24, 2.45) is 0 Å². The molecular formula is C20H25N3O6S. The molecule has 0 saturated carbocycles. The maximum absolute atomic E-state index is 12.6. The van der Waals surface area contributed by atoms with E-state index >= 15 is 0 Å². The first kappa shape index (κ1) is 23.3. The summed E-state index contributed by atoms with van der Waals surface area (Å²) in [5.41, 5.74) is 0.555. The molecule has 2 rings (SSSR count). The fraction of sp³-hybridized carbons (Fsp3) is 0.350. The van der Waals surface area contributed by atoms with Gasteiger partial charge < -0.3 is 10.1 Å². The van der Waals surface area contributed by atoms with Gasteiger partial charge in [0, 0.05) is 25.7 Å². The minimum atomic E-state index is -3.85. The first-order valence-electron chi connectivity index (χ1n) is 9.51. The van der Waals surface area contributed by atoms with E-state index in [1.165, 1.54) is 16.4 Å². The highest BCUT2D eigenvalue weighted by Gasteiger charge is 2.26. The van der Waals surface area contributed by atoms with Crippen LogP contribution in [0.2, 0.25) is 0 Å². The van der Waals surface area contributed by atoms with Crippen molar-refractivity contribution in [2.75, 3.05) is 26.2 Å². The molecule has 1 amide bonds. The average Bonchev–Trinajstić information content (AvgIpc) is 2.73. The van der Waals surface area contributed by atoms with Gasteiger partial charge in [-0.25, -0.2) is 8.42 Å². The Bertz CT molecular complexity index is 975. The van der Waals surface area contributed by atoms with E-state index in [0.717, 1.165) is 11.6 Å². The summed E-state index contributed by atoms with van der Waals surface area (Å²) in [6.45, 7) is 3.84. The molecule has 0 unspecified atom stereocenters. The van der Waals surface area contributed by atoms with E-state index in [4.69, 9.17) is 4.74 Å². The van der Waals surface area contributed by atoms with Gasteiger partial charge in [-0.1, -0.05) is 44.2 Å². The summed E-state index contributed by atoms with van der Waals surface area (Å²) in [6, 6.07) is 13.0. The van der Waals surface area contributed by atoms with Gasteiger partial charge in [0.05, 0.1) is 9.82 Å². The highest BCUT2D eigenvalue weighted by atomic mass is 32.2. The second kappa shape index (κ2) is 10.7. The molecule has 9 nitrogen and oxygen atoms in total. The molecule has 10 heteroatoms. The lowest BCUT2D eigenvalue weighted by atomic mass is 10.1. The summed E-state index contributed by atoms with van der Waals surface area (Å²) in [5.74, 6) is -0.600. The van der Waals surface area contributed by atoms with E-state index in [1.54, 1.807) is 13.8 Å². The largest absolute Gasteiger partial charge is 0.477 e. The maximum atomic E-state index is 12.6. The van der Waals surface area contributed by atoms with Crippen LogP contribution in [0.3, 0.4) is 0 Å². The van der Waals surface area contributed by atoms with Crippen LogP contribution >= 0.6 is 0 Å². The van der Waals surface area contributed by atoms with Gasteiger partial charge in [-0.05, 0) is 24.1 Å². The average molecular weight is 436 g/mol. The molecule has 162 valence electrons. The van der Waals surface area contributed by atoms with Crippen LogP contribution < -0.4 is 10.1 Å². The quantitative estimate of drug-likeness (QED) is 0.427. The number of nitrogens with zero attached hydrogens (tertiary/aromatic N) is 2. The normalized spacial score (nSPS) is 11.3. The number of nitrogens with one attached hydrogen (secondary N) is 1. The molecule has 2 aromatic carbocycles. The van der Waals surface area contributed by atoms with Gasteiger partial charge >= 0.3 is 5.69 Å². The van der Waals surface area contributed by atoms with Gasteiger partial charge in [0.2, 0.25) is 10.0 Å². The molecule has 0 heterocycles. The Kier molecular flexibility index (Phi) is 8.31. The summed E-state index contributed by atoms with van der Waals surface area (Å²) in [6.07, 6.45) is 0.643. The Balaban J connectivity index is 2.03. The number of nitro benzene ring substituents is 1. The zero-order chi connectivity index (χ0) is 22.1. The zero-order valence-corrected chi connectivity index (χ0v) is 17.7. The highest BCUT2D eigenvalue weighted by Crippen LogP contribution is 2.30. The van der Waals surface area contributed by atoms with E-state index < -0.39 is 33.1 Å². The number of ether oxygens (including phenoxy) is 1. The molecule has 0 fully saturated rings. The van der Waals surface area contributed by atoms with Crippen LogP contribution in [0.25, 0.3) is 0 Å². The first-order valence-corrected chi connectivity index (χ1v) is 11.0. The predicted molar refractivity (Wildman–Crippen MR) is 112 cm³/mol. The van der Waals surface area contributed by atoms with Crippen LogP contribution in [0.5, 0.6) is 5.75 Å². The molecule has 0 atom stereocenters. The van der Waals surface area contributed by atoms with Gasteiger partial charge in [0.15, 0.2) is 12.4 Å². The highest BCUT2D eigenvalue weighted by molar-refractivity contribution is 7.89. The van der Waals surface area contributed by atoms with Crippen molar-refractivity contribution in [3.63, 3.8) is 0 Å². The van der Waals surface area contributed by atoms with Crippen LogP contribution in [-0.2, 0) is 21.2 Å². The third-order valence-corrected chi connectivity index (χ3v) is 6.45. The van der Waals surface area contributed by atoms with Gasteiger partial charge in [-0.15, -0.1) is 0 Å². The van der Waals surface area contributed by atoms with E-state index in [1.807, 2.05) is 30.3 Å². The second-order valence-electron chi connectivity index (χ2n) is 6.35. The molecule has 0 aliphatic carbocycles. The fourth-order valence-corrected chi connectivity index (χ4v) is 4.30. The molecule has 30 heavy (non-hydrogen) atoms. The van der Waals surface area contributed by atoms with E-state index in [9.17, 15) is 23.3 Å². The molecule has 0 saturated heterocycles. The number of hydrogen-bond acceptors (Lipinski definition) is 6. The Hall–Kier alpha value is -2.98. The summed E-state index contributed by atoms with van der Waals surface area (Å²) < 4.78 is 31.6. The number of amides is 1. The summed E-state index contributed by atoms with van der Waals surface area (Å²) in [7, 11) is -3.85. The van der Waals surface area contributed by atoms with Gasteiger partial charge in [-0.2, -0.15) is 4.31 Å². The van der Waals surface area contributed by atoms with Crippen molar-refractivity contribution < 1.29 is 22.9 Å². The van der Waals surface area contributed by atoms with Crippen LogP contribution in [0.4, 0.5) is 5.69 Å². The molecule has 0 aromatic heterocycles. The van der Waals surface area contributed by atoms with Crippen molar-refractivity contribution in [1.82, 2.24) is 9.62 Å². The fourth-order valence-electron chi connectivity index (χ4n) is 2.82. The SMILES string of the molecule is CCN(CC)S(=O)(=O)c1ccc(OCC(=O)NCCc2ccccc2)c([N+](=O)[O-])c1. The number of carbonyl (C=O) groups is 1. The summed E-state index contributed by atoms with van der Waals surface area (Å²) in [5, 5.41) is 14.1. The molecule has 0 radical (unpaired) electrons. The van der Waals surface area contributed by atoms with Crippen LogP contribution in [0, 0.1) is 10.1 Å². The van der Waals surface area contributed by atoms with Crippen molar-refractivity contribution in [3.8, 4) is 5.75 Å². The Morgan fingerprint density at radius 3 is 2.40 bits per heavy atom. The third kappa shape index (κ3) is 6.01. The monoisotopic (exact) mass is 435 g/mol. The number of carbonyl (C=O) groups excluding carboxylic acids is 1. The lowest BCUT2D eigenvalue weighted by Crippen LogP contribution is -2.31. The Labute approximate surface area is 175 Å². The number of sulfonamides is 1.